The summed E-state index contributed by atoms with van der Waals surface area (Å²) < 4.78 is 5.76. The average molecular weight is 327 g/mol. The Morgan fingerprint density at radius 1 is 1.32 bits per heavy atom. The maximum absolute atomic E-state index is 11.9. The Labute approximate surface area is 139 Å². The van der Waals surface area contributed by atoms with Crippen LogP contribution in [-0.2, 0) is 4.79 Å². The summed E-state index contributed by atoms with van der Waals surface area (Å²) in [4.78, 5) is 11.9. The van der Waals surface area contributed by atoms with Gasteiger partial charge in [0.15, 0.2) is 0 Å². The Kier molecular flexibility index (Phi) is 7.17. The Balaban J connectivity index is 0.00000242. The van der Waals surface area contributed by atoms with Gasteiger partial charge in [0.1, 0.15) is 11.4 Å². The molecule has 1 saturated heterocycles. The third-order valence-corrected chi connectivity index (χ3v) is 3.50. The molecule has 1 fully saturated rings. The van der Waals surface area contributed by atoms with E-state index in [2.05, 4.69) is 10.6 Å². The van der Waals surface area contributed by atoms with Crippen molar-refractivity contribution >= 4 is 24.0 Å². The predicted octanol–water partition coefficient (Wildman–Crippen LogP) is 3.61. The monoisotopic (exact) mass is 326 g/mol. The van der Waals surface area contributed by atoms with Crippen molar-refractivity contribution in [2.24, 2.45) is 5.92 Å². The van der Waals surface area contributed by atoms with Gasteiger partial charge in [-0.15, -0.1) is 12.4 Å². The van der Waals surface area contributed by atoms with Gasteiger partial charge in [-0.25, -0.2) is 0 Å². The van der Waals surface area contributed by atoms with Crippen molar-refractivity contribution in [2.45, 2.75) is 45.6 Å². The van der Waals surface area contributed by atoms with E-state index in [1.807, 2.05) is 45.0 Å². The van der Waals surface area contributed by atoms with Gasteiger partial charge in [0.2, 0.25) is 5.91 Å². The van der Waals surface area contributed by atoms with Gasteiger partial charge < -0.3 is 15.4 Å². The van der Waals surface area contributed by atoms with E-state index in [1.165, 1.54) is 6.42 Å². The third kappa shape index (κ3) is 6.67. The lowest BCUT2D eigenvalue weighted by atomic mass is 10.0. The highest BCUT2D eigenvalue weighted by molar-refractivity contribution is 5.90. The zero-order chi connectivity index (χ0) is 15.3. The number of carbonyl (C=O) groups excluding carboxylic acids is 1. The molecule has 5 heteroatoms. The standard InChI is InChI=1S/C17H26N2O2.ClH/c1-17(2,3)21-15-7-5-14(6-8-15)19-16(20)9-4-13-10-11-18-12-13;/h5-8,13,18H,4,9-12H2,1-3H3,(H,19,20);1H. The first-order valence-electron chi connectivity index (χ1n) is 7.72. The fourth-order valence-corrected chi connectivity index (χ4v) is 2.48. The molecule has 4 nitrogen and oxygen atoms in total. The molecule has 124 valence electrons. The van der Waals surface area contributed by atoms with Crippen LogP contribution in [0, 0.1) is 5.92 Å². The van der Waals surface area contributed by atoms with E-state index in [0.29, 0.717) is 12.3 Å². The molecular weight excluding hydrogens is 300 g/mol. The summed E-state index contributed by atoms with van der Waals surface area (Å²) in [6, 6.07) is 7.55. The normalized spacial score (nSPS) is 17.7. The van der Waals surface area contributed by atoms with Crippen molar-refractivity contribution in [3.63, 3.8) is 0 Å². The highest BCUT2D eigenvalue weighted by Gasteiger charge is 2.16. The average Bonchev–Trinajstić information content (AvgIpc) is 2.90. The zero-order valence-corrected chi connectivity index (χ0v) is 14.5. The lowest BCUT2D eigenvalue weighted by Crippen LogP contribution is -2.22. The highest BCUT2D eigenvalue weighted by atomic mass is 35.5. The van der Waals surface area contributed by atoms with E-state index in [0.717, 1.165) is 30.9 Å². The van der Waals surface area contributed by atoms with Gasteiger partial charge in [-0.05, 0) is 76.9 Å². The van der Waals surface area contributed by atoms with Crippen molar-refractivity contribution in [1.29, 1.82) is 0 Å². The van der Waals surface area contributed by atoms with Gasteiger partial charge in [0, 0.05) is 12.1 Å². The maximum atomic E-state index is 11.9. The molecule has 1 amide bonds. The van der Waals surface area contributed by atoms with Crippen molar-refractivity contribution in [3.05, 3.63) is 24.3 Å². The van der Waals surface area contributed by atoms with Crippen LogP contribution >= 0.6 is 12.4 Å². The first-order valence-corrected chi connectivity index (χ1v) is 7.72. The summed E-state index contributed by atoms with van der Waals surface area (Å²) in [5, 5.41) is 6.27. The molecule has 1 unspecified atom stereocenters. The number of nitrogens with one attached hydrogen (secondary N) is 2. The molecule has 0 radical (unpaired) electrons. The number of amides is 1. The number of ether oxygens (including phenoxy) is 1. The number of hydrogen-bond donors (Lipinski definition) is 2. The minimum absolute atomic E-state index is 0. The molecule has 1 atom stereocenters. The second kappa shape index (κ2) is 8.39. The minimum Gasteiger partial charge on any atom is -0.488 e. The molecule has 2 rings (SSSR count). The van der Waals surface area contributed by atoms with Crippen LogP contribution in [0.1, 0.15) is 40.0 Å². The van der Waals surface area contributed by atoms with E-state index >= 15 is 0 Å². The predicted molar refractivity (Wildman–Crippen MR) is 92.9 cm³/mol. The molecule has 0 aliphatic carbocycles. The summed E-state index contributed by atoms with van der Waals surface area (Å²) >= 11 is 0. The fraction of sp³-hybridized carbons (Fsp3) is 0.588. The number of carbonyl (C=O) groups is 1. The summed E-state index contributed by atoms with van der Waals surface area (Å²) in [6.45, 7) is 8.18. The van der Waals surface area contributed by atoms with Crippen LogP contribution in [-0.4, -0.2) is 24.6 Å². The molecule has 1 aliphatic heterocycles. The number of anilines is 1. The van der Waals surface area contributed by atoms with E-state index in [4.69, 9.17) is 4.74 Å². The van der Waals surface area contributed by atoms with Crippen molar-refractivity contribution in [2.75, 3.05) is 18.4 Å². The molecular formula is C17H27ClN2O2. The number of halogens is 1. The van der Waals surface area contributed by atoms with E-state index in [-0.39, 0.29) is 23.9 Å². The van der Waals surface area contributed by atoms with Crippen LogP contribution in [0.5, 0.6) is 5.75 Å². The summed E-state index contributed by atoms with van der Waals surface area (Å²) in [6.07, 6.45) is 2.74. The third-order valence-electron chi connectivity index (χ3n) is 3.50. The molecule has 0 aromatic heterocycles. The molecule has 1 aromatic rings. The number of hydrogen-bond acceptors (Lipinski definition) is 3. The van der Waals surface area contributed by atoms with E-state index in [9.17, 15) is 4.79 Å². The second-order valence-corrected chi connectivity index (χ2v) is 6.68. The van der Waals surface area contributed by atoms with E-state index < -0.39 is 0 Å². The van der Waals surface area contributed by atoms with Crippen molar-refractivity contribution in [1.82, 2.24) is 5.32 Å². The summed E-state index contributed by atoms with van der Waals surface area (Å²) in [5.41, 5.74) is 0.617. The van der Waals surface area contributed by atoms with Crippen LogP contribution in [0.3, 0.4) is 0 Å². The lowest BCUT2D eigenvalue weighted by molar-refractivity contribution is -0.116. The van der Waals surface area contributed by atoms with Crippen LogP contribution in [0.15, 0.2) is 24.3 Å². The topological polar surface area (TPSA) is 50.4 Å². The molecule has 1 heterocycles. The second-order valence-electron chi connectivity index (χ2n) is 6.68. The quantitative estimate of drug-likeness (QED) is 0.869. The maximum Gasteiger partial charge on any atom is 0.224 e. The molecule has 1 aromatic carbocycles. The van der Waals surface area contributed by atoms with Gasteiger partial charge in [0.25, 0.3) is 0 Å². The molecule has 0 saturated carbocycles. The Hall–Kier alpha value is -1.26. The van der Waals surface area contributed by atoms with Gasteiger partial charge >= 0.3 is 0 Å². The van der Waals surface area contributed by atoms with E-state index in [1.54, 1.807) is 0 Å². The summed E-state index contributed by atoms with van der Waals surface area (Å²) in [5.74, 6) is 1.56. The summed E-state index contributed by atoms with van der Waals surface area (Å²) in [7, 11) is 0. The SMILES string of the molecule is CC(C)(C)Oc1ccc(NC(=O)CCC2CCNC2)cc1.Cl. The molecule has 2 N–H and O–H groups in total. The Morgan fingerprint density at radius 3 is 2.55 bits per heavy atom. The molecule has 1 aliphatic rings. The lowest BCUT2D eigenvalue weighted by Gasteiger charge is -2.21. The van der Waals surface area contributed by atoms with Gasteiger partial charge in [-0.2, -0.15) is 0 Å². The van der Waals surface area contributed by atoms with Gasteiger partial charge in [-0.1, -0.05) is 0 Å². The largest absolute Gasteiger partial charge is 0.488 e. The van der Waals surface area contributed by atoms with Crippen LogP contribution in [0.4, 0.5) is 5.69 Å². The van der Waals surface area contributed by atoms with Crippen LogP contribution < -0.4 is 15.4 Å². The van der Waals surface area contributed by atoms with Crippen LogP contribution in [0.2, 0.25) is 0 Å². The number of benzene rings is 1. The first-order chi connectivity index (χ1) is 9.92. The van der Waals surface area contributed by atoms with Crippen molar-refractivity contribution < 1.29 is 9.53 Å². The minimum atomic E-state index is -0.208. The number of rotatable bonds is 5. The smallest absolute Gasteiger partial charge is 0.224 e. The fourth-order valence-electron chi connectivity index (χ4n) is 2.48. The molecule has 0 spiro atoms. The first kappa shape index (κ1) is 18.8. The van der Waals surface area contributed by atoms with Gasteiger partial charge in [0.05, 0.1) is 0 Å². The zero-order valence-electron chi connectivity index (χ0n) is 13.6. The van der Waals surface area contributed by atoms with Gasteiger partial charge in [-0.3, -0.25) is 4.79 Å². The molecule has 22 heavy (non-hydrogen) atoms. The Bertz CT molecular complexity index is 463. The Morgan fingerprint density at radius 2 is 2.00 bits per heavy atom. The van der Waals surface area contributed by atoms with Crippen molar-refractivity contribution in [3.8, 4) is 5.75 Å². The highest BCUT2D eigenvalue weighted by Crippen LogP contribution is 2.21. The van der Waals surface area contributed by atoms with Crippen LogP contribution in [0.25, 0.3) is 0 Å². The molecule has 0 bridgehead atoms.